The summed E-state index contributed by atoms with van der Waals surface area (Å²) >= 11 is 0. The van der Waals surface area contributed by atoms with Crippen LogP contribution < -0.4 is 20.9 Å². The van der Waals surface area contributed by atoms with Gasteiger partial charge in [0.05, 0.1) is 11.4 Å². The summed E-state index contributed by atoms with van der Waals surface area (Å²) in [6.07, 6.45) is 0. The van der Waals surface area contributed by atoms with Crippen molar-refractivity contribution in [1.82, 2.24) is 0 Å². The maximum absolute atomic E-state index is 9.42. The molecule has 0 radical (unpaired) electrons. The van der Waals surface area contributed by atoms with Crippen LogP contribution in [0.15, 0.2) is 84.9 Å². The third kappa shape index (κ3) is 6.34. The van der Waals surface area contributed by atoms with Crippen LogP contribution in [0.2, 0.25) is 0 Å². The standard InChI is InChI=1S/2C13H13NO2/c2*1-9-2-4-10(5-3-9)16-11-6-7-12(14)13(15)8-11/h2*2-8,15H,14H2,1H3. The Kier molecular flexibility index (Phi) is 7.08. The van der Waals surface area contributed by atoms with Crippen LogP contribution in [0, 0.1) is 13.8 Å². The molecule has 6 heteroatoms. The number of phenols is 2. The fourth-order valence-corrected chi connectivity index (χ4v) is 2.66. The number of aryl methyl sites for hydroxylation is 2. The highest BCUT2D eigenvalue weighted by Gasteiger charge is 2.02. The minimum absolute atomic E-state index is 0.0320. The number of rotatable bonds is 4. The molecule has 164 valence electrons. The number of nitrogens with two attached hydrogens (primary N) is 2. The fourth-order valence-electron chi connectivity index (χ4n) is 2.66. The second-order valence-corrected chi connectivity index (χ2v) is 7.27. The highest BCUT2D eigenvalue weighted by Crippen LogP contribution is 2.30. The lowest BCUT2D eigenvalue weighted by Gasteiger charge is -2.07. The molecule has 0 aliphatic heterocycles. The van der Waals surface area contributed by atoms with E-state index in [0.717, 1.165) is 11.5 Å². The number of phenolic OH excluding ortho intramolecular Hbond substituents is 2. The van der Waals surface area contributed by atoms with Gasteiger partial charge in [0.2, 0.25) is 0 Å². The van der Waals surface area contributed by atoms with Gasteiger partial charge in [-0.2, -0.15) is 0 Å². The highest BCUT2D eigenvalue weighted by molar-refractivity contribution is 5.56. The first-order valence-electron chi connectivity index (χ1n) is 9.96. The van der Waals surface area contributed by atoms with Gasteiger partial charge in [-0.1, -0.05) is 35.4 Å². The topological polar surface area (TPSA) is 111 Å². The smallest absolute Gasteiger partial charge is 0.142 e. The molecule has 6 nitrogen and oxygen atoms in total. The van der Waals surface area contributed by atoms with Crippen LogP contribution in [-0.4, -0.2) is 10.2 Å². The van der Waals surface area contributed by atoms with Gasteiger partial charge in [0, 0.05) is 12.1 Å². The van der Waals surface area contributed by atoms with Gasteiger partial charge < -0.3 is 31.2 Å². The average Bonchev–Trinajstić information content (AvgIpc) is 2.77. The highest BCUT2D eigenvalue weighted by atomic mass is 16.5. The largest absolute Gasteiger partial charge is 0.506 e. The molecule has 4 aromatic carbocycles. The summed E-state index contributed by atoms with van der Waals surface area (Å²) in [5, 5.41) is 18.8. The lowest BCUT2D eigenvalue weighted by Crippen LogP contribution is -1.88. The second kappa shape index (κ2) is 10.1. The van der Waals surface area contributed by atoms with E-state index in [2.05, 4.69) is 0 Å². The van der Waals surface area contributed by atoms with Crippen molar-refractivity contribution < 1.29 is 19.7 Å². The van der Waals surface area contributed by atoms with Crippen molar-refractivity contribution in [3.05, 3.63) is 96.1 Å². The molecule has 0 spiro atoms. The van der Waals surface area contributed by atoms with Crippen LogP contribution in [0.1, 0.15) is 11.1 Å². The Labute approximate surface area is 187 Å². The predicted molar refractivity (Wildman–Crippen MR) is 128 cm³/mol. The Hall–Kier alpha value is -4.32. The molecular weight excluding hydrogens is 404 g/mol. The zero-order chi connectivity index (χ0) is 23.1. The number of nitrogen functional groups attached to an aromatic ring is 2. The normalized spacial score (nSPS) is 10.1. The number of hydrogen-bond donors (Lipinski definition) is 4. The molecule has 0 aliphatic rings. The fraction of sp³-hybridized carbons (Fsp3) is 0.0769. The Balaban J connectivity index is 0.000000181. The van der Waals surface area contributed by atoms with Crippen molar-refractivity contribution in [1.29, 1.82) is 0 Å². The number of aromatic hydroxyl groups is 2. The molecule has 0 atom stereocenters. The van der Waals surface area contributed by atoms with E-state index < -0.39 is 0 Å². The summed E-state index contributed by atoms with van der Waals surface area (Å²) in [7, 11) is 0. The van der Waals surface area contributed by atoms with E-state index in [4.69, 9.17) is 20.9 Å². The molecule has 32 heavy (non-hydrogen) atoms. The Morgan fingerprint density at radius 3 is 1.12 bits per heavy atom. The lowest BCUT2D eigenvalue weighted by atomic mass is 10.2. The van der Waals surface area contributed by atoms with Crippen LogP contribution in [-0.2, 0) is 0 Å². The minimum atomic E-state index is 0.0320. The third-order valence-corrected chi connectivity index (χ3v) is 4.52. The number of anilines is 2. The Morgan fingerprint density at radius 1 is 0.500 bits per heavy atom. The van der Waals surface area contributed by atoms with Crippen molar-refractivity contribution in [2.24, 2.45) is 0 Å². The summed E-state index contributed by atoms with van der Waals surface area (Å²) in [5.41, 5.74) is 14.0. The van der Waals surface area contributed by atoms with Gasteiger partial charge in [-0.25, -0.2) is 0 Å². The first kappa shape index (κ1) is 22.4. The van der Waals surface area contributed by atoms with Gasteiger partial charge in [-0.15, -0.1) is 0 Å². The molecule has 6 N–H and O–H groups in total. The molecule has 0 fully saturated rings. The summed E-state index contributed by atoms with van der Waals surface area (Å²) in [6, 6.07) is 25.0. The van der Waals surface area contributed by atoms with Crippen molar-refractivity contribution in [3.8, 4) is 34.5 Å². The van der Waals surface area contributed by atoms with Gasteiger partial charge in [-0.3, -0.25) is 0 Å². The number of benzene rings is 4. The van der Waals surface area contributed by atoms with Gasteiger partial charge in [0.1, 0.15) is 34.5 Å². The molecular formula is C26H26N2O4. The molecule has 4 aromatic rings. The predicted octanol–water partition coefficient (Wildman–Crippen LogP) is 6.15. The van der Waals surface area contributed by atoms with E-state index in [-0.39, 0.29) is 11.5 Å². The number of ether oxygens (including phenoxy) is 2. The van der Waals surface area contributed by atoms with Crippen LogP contribution in [0.5, 0.6) is 34.5 Å². The summed E-state index contributed by atoms with van der Waals surface area (Å²) in [6.45, 7) is 4.03. The van der Waals surface area contributed by atoms with E-state index in [1.807, 2.05) is 62.4 Å². The molecule has 4 rings (SSSR count). The SMILES string of the molecule is Cc1ccc(Oc2ccc(N)c(O)c2)cc1.Cc1ccc(Oc2ccc(N)c(O)c2)cc1. The summed E-state index contributed by atoms with van der Waals surface area (Å²) in [5.74, 6) is 2.66. The van der Waals surface area contributed by atoms with Crippen LogP contribution in [0.4, 0.5) is 11.4 Å². The molecule has 0 saturated heterocycles. The number of hydrogen-bond acceptors (Lipinski definition) is 6. The maximum Gasteiger partial charge on any atom is 0.142 e. The Bertz CT molecular complexity index is 1080. The summed E-state index contributed by atoms with van der Waals surface area (Å²) in [4.78, 5) is 0. The molecule has 0 saturated carbocycles. The van der Waals surface area contributed by atoms with Crippen molar-refractivity contribution in [2.45, 2.75) is 13.8 Å². The van der Waals surface area contributed by atoms with Gasteiger partial charge >= 0.3 is 0 Å². The average molecular weight is 431 g/mol. The zero-order valence-electron chi connectivity index (χ0n) is 17.9. The van der Waals surface area contributed by atoms with E-state index >= 15 is 0 Å². The zero-order valence-corrected chi connectivity index (χ0v) is 17.9. The summed E-state index contributed by atoms with van der Waals surface area (Å²) < 4.78 is 11.1. The second-order valence-electron chi connectivity index (χ2n) is 7.27. The molecule has 0 aliphatic carbocycles. The van der Waals surface area contributed by atoms with Gasteiger partial charge in [0.15, 0.2) is 0 Å². The van der Waals surface area contributed by atoms with Gasteiger partial charge in [0.25, 0.3) is 0 Å². The van der Waals surface area contributed by atoms with Crippen LogP contribution >= 0.6 is 0 Å². The van der Waals surface area contributed by atoms with E-state index in [0.29, 0.717) is 22.9 Å². The van der Waals surface area contributed by atoms with E-state index in [9.17, 15) is 10.2 Å². The molecule has 0 amide bonds. The molecule has 0 aromatic heterocycles. The van der Waals surface area contributed by atoms with Crippen LogP contribution in [0.3, 0.4) is 0 Å². The first-order valence-corrected chi connectivity index (χ1v) is 9.96. The van der Waals surface area contributed by atoms with Crippen LogP contribution in [0.25, 0.3) is 0 Å². The minimum Gasteiger partial charge on any atom is -0.506 e. The maximum atomic E-state index is 9.42. The quantitative estimate of drug-likeness (QED) is 0.228. The molecule has 0 unspecified atom stereocenters. The van der Waals surface area contributed by atoms with Gasteiger partial charge in [-0.05, 0) is 62.4 Å². The van der Waals surface area contributed by atoms with E-state index in [1.165, 1.54) is 23.3 Å². The van der Waals surface area contributed by atoms with Crippen molar-refractivity contribution in [3.63, 3.8) is 0 Å². The van der Waals surface area contributed by atoms with E-state index in [1.54, 1.807) is 24.3 Å². The lowest BCUT2D eigenvalue weighted by molar-refractivity contribution is 0.456. The molecule has 0 heterocycles. The molecule has 0 bridgehead atoms. The third-order valence-electron chi connectivity index (χ3n) is 4.52. The Morgan fingerprint density at radius 2 is 0.812 bits per heavy atom. The van der Waals surface area contributed by atoms with Crippen molar-refractivity contribution in [2.75, 3.05) is 11.5 Å². The first-order chi connectivity index (χ1) is 15.3. The monoisotopic (exact) mass is 430 g/mol. The van der Waals surface area contributed by atoms with Crippen molar-refractivity contribution >= 4 is 11.4 Å².